The number of nitrogens with one attached hydrogen (secondary N) is 1. The zero-order valence-electron chi connectivity index (χ0n) is 26.2. The van der Waals surface area contributed by atoms with E-state index in [1.54, 1.807) is 19.2 Å². The summed E-state index contributed by atoms with van der Waals surface area (Å²) in [5.41, 5.74) is 2.19. The highest BCUT2D eigenvalue weighted by Crippen LogP contribution is 2.36. The first-order valence-corrected chi connectivity index (χ1v) is 15.7. The number of ether oxygens (including phenoxy) is 3. The van der Waals surface area contributed by atoms with Crippen LogP contribution in [-0.2, 0) is 9.53 Å². The minimum Gasteiger partial charge on any atom is -0.483 e. The van der Waals surface area contributed by atoms with Crippen LogP contribution in [0.15, 0.2) is 42.7 Å². The number of hydrogen-bond donors (Lipinski definition) is 2. The Labute approximate surface area is 271 Å². The molecule has 47 heavy (non-hydrogen) atoms. The Morgan fingerprint density at radius 1 is 1.13 bits per heavy atom. The number of benzene rings is 1. The van der Waals surface area contributed by atoms with E-state index in [1.807, 2.05) is 18.2 Å². The standard InChI is InChI=1S/C33H37F2N7O5/c1-20(43)32(44)42-12-9-28(33(34,35)18-42)47-27-5-3-22(13-23(27)15-36)26-14-30(38-19-37-26)39-29-6-4-25(31(40-29)45-2)21-7-10-41(11-8-21)24-16-46-17-24/h3-6,13-14,19-21,24,28,43H,7-12,16-18H2,1-2H3,(H,37,38,39,40)/t20-,28-/m0/s1. The van der Waals surface area contributed by atoms with E-state index in [0.29, 0.717) is 40.7 Å². The number of aliphatic hydroxyl groups is 1. The molecule has 0 bridgehead atoms. The van der Waals surface area contributed by atoms with Crippen LogP contribution < -0.4 is 14.8 Å². The van der Waals surface area contributed by atoms with Gasteiger partial charge in [-0.25, -0.2) is 18.7 Å². The number of pyridine rings is 1. The summed E-state index contributed by atoms with van der Waals surface area (Å²) in [6.07, 6.45) is 0.358. The molecule has 248 valence electrons. The molecule has 2 N–H and O–H groups in total. The molecule has 0 spiro atoms. The van der Waals surface area contributed by atoms with Crippen molar-refractivity contribution in [3.05, 3.63) is 53.9 Å². The van der Waals surface area contributed by atoms with Gasteiger partial charge in [-0.15, -0.1) is 0 Å². The fourth-order valence-corrected chi connectivity index (χ4v) is 6.27. The van der Waals surface area contributed by atoms with Crippen molar-refractivity contribution in [3.8, 4) is 29.0 Å². The largest absolute Gasteiger partial charge is 0.483 e. The van der Waals surface area contributed by atoms with Crippen molar-refractivity contribution in [3.63, 3.8) is 0 Å². The molecule has 14 heteroatoms. The second kappa shape index (κ2) is 13.7. The van der Waals surface area contributed by atoms with E-state index >= 15 is 0 Å². The van der Waals surface area contributed by atoms with Crippen molar-refractivity contribution in [2.45, 2.75) is 56.3 Å². The molecule has 0 saturated carbocycles. The second-order valence-electron chi connectivity index (χ2n) is 12.1. The number of methoxy groups -OCH3 is 1. The van der Waals surface area contributed by atoms with Crippen molar-refractivity contribution in [1.82, 2.24) is 24.8 Å². The molecular formula is C33H37F2N7O5. The molecule has 1 aromatic carbocycles. The average molecular weight is 650 g/mol. The van der Waals surface area contributed by atoms with Crippen LogP contribution in [-0.4, -0.2) is 106 Å². The van der Waals surface area contributed by atoms with Crippen molar-refractivity contribution < 1.29 is 32.9 Å². The topological polar surface area (TPSA) is 146 Å². The van der Waals surface area contributed by atoms with Gasteiger partial charge in [-0.1, -0.05) is 0 Å². The Morgan fingerprint density at radius 3 is 2.57 bits per heavy atom. The van der Waals surface area contributed by atoms with Crippen molar-refractivity contribution in [2.75, 3.05) is 51.8 Å². The summed E-state index contributed by atoms with van der Waals surface area (Å²) >= 11 is 0. The second-order valence-corrected chi connectivity index (χ2v) is 12.1. The van der Waals surface area contributed by atoms with Crippen molar-refractivity contribution in [1.29, 1.82) is 5.26 Å². The highest BCUT2D eigenvalue weighted by molar-refractivity contribution is 5.80. The third-order valence-electron chi connectivity index (χ3n) is 8.98. The van der Waals surface area contributed by atoms with Gasteiger partial charge in [0.05, 0.1) is 44.2 Å². The van der Waals surface area contributed by atoms with Crippen LogP contribution in [0.4, 0.5) is 20.4 Å². The molecular weight excluding hydrogens is 612 g/mol. The van der Waals surface area contributed by atoms with E-state index in [9.17, 15) is 23.9 Å². The van der Waals surface area contributed by atoms with Gasteiger partial charge in [-0.05, 0) is 69.1 Å². The number of carbonyl (C=O) groups is 1. The number of piperidine rings is 2. The van der Waals surface area contributed by atoms with Crippen LogP contribution >= 0.6 is 0 Å². The lowest BCUT2D eigenvalue weighted by atomic mass is 9.89. The smallest absolute Gasteiger partial charge is 0.301 e. The molecule has 0 unspecified atom stereocenters. The van der Waals surface area contributed by atoms with Gasteiger partial charge < -0.3 is 29.5 Å². The van der Waals surface area contributed by atoms with Gasteiger partial charge in [0, 0.05) is 30.2 Å². The maximum absolute atomic E-state index is 14.9. The Kier molecular flexibility index (Phi) is 9.49. The molecule has 1 amide bonds. The maximum atomic E-state index is 14.9. The van der Waals surface area contributed by atoms with Crippen molar-refractivity contribution >= 4 is 17.5 Å². The van der Waals surface area contributed by atoms with Gasteiger partial charge in [-0.3, -0.25) is 9.69 Å². The molecule has 0 aliphatic carbocycles. The fourth-order valence-electron chi connectivity index (χ4n) is 6.27. The monoisotopic (exact) mass is 649 g/mol. The Balaban J connectivity index is 1.12. The van der Waals surface area contributed by atoms with E-state index in [-0.39, 0.29) is 24.3 Å². The number of nitriles is 1. The lowest BCUT2D eigenvalue weighted by molar-refractivity contribution is -0.165. The van der Waals surface area contributed by atoms with Gasteiger partial charge in [0.1, 0.15) is 35.9 Å². The number of carbonyl (C=O) groups excluding carboxylic acids is 1. The molecule has 3 saturated heterocycles. The third-order valence-corrected chi connectivity index (χ3v) is 8.98. The Morgan fingerprint density at radius 2 is 1.91 bits per heavy atom. The summed E-state index contributed by atoms with van der Waals surface area (Å²) in [4.78, 5) is 28.8. The predicted molar refractivity (Wildman–Crippen MR) is 167 cm³/mol. The molecule has 3 aliphatic heterocycles. The van der Waals surface area contributed by atoms with Crippen LogP contribution in [0.1, 0.15) is 43.2 Å². The van der Waals surface area contributed by atoms with E-state index in [1.165, 1.54) is 25.4 Å². The number of nitrogens with zero attached hydrogens (tertiary/aromatic N) is 6. The minimum atomic E-state index is -3.38. The molecule has 2 atom stereocenters. The fraction of sp³-hybridized carbons (Fsp3) is 0.485. The molecule has 0 radical (unpaired) electrons. The summed E-state index contributed by atoms with van der Waals surface area (Å²) < 4.78 is 46.5. The highest BCUT2D eigenvalue weighted by atomic mass is 19.3. The highest BCUT2D eigenvalue weighted by Gasteiger charge is 2.48. The Bertz CT molecular complexity index is 1640. The first-order valence-electron chi connectivity index (χ1n) is 15.7. The van der Waals surface area contributed by atoms with Gasteiger partial charge in [0.15, 0.2) is 6.10 Å². The molecule has 3 aliphatic rings. The maximum Gasteiger partial charge on any atom is 0.301 e. The molecule has 5 heterocycles. The predicted octanol–water partition coefficient (Wildman–Crippen LogP) is 3.74. The van der Waals surface area contributed by atoms with Crippen LogP contribution in [0, 0.1) is 11.3 Å². The normalized spacial score (nSPS) is 20.9. The molecule has 2 aromatic heterocycles. The van der Waals surface area contributed by atoms with Gasteiger partial charge in [-0.2, -0.15) is 10.2 Å². The average Bonchev–Trinajstić information content (AvgIpc) is 3.05. The van der Waals surface area contributed by atoms with E-state index in [0.717, 1.165) is 49.6 Å². The summed E-state index contributed by atoms with van der Waals surface area (Å²) in [7, 11) is 1.61. The number of aromatic nitrogens is 3. The molecule has 3 aromatic rings. The number of likely N-dealkylation sites (tertiary alicyclic amines) is 2. The summed E-state index contributed by atoms with van der Waals surface area (Å²) in [6, 6.07) is 12.8. The molecule has 6 rings (SSSR count). The minimum absolute atomic E-state index is 0.0000222. The van der Waals surface area contributed by atoms with Crippen LogP contribution in [0.2, 0.25) is 0 Å². The van der Waals surface area contributed by atoms with Crippen molar-refractivity contribution in [2.24, 2.45) is 0 Å². The Hall–Kier alpha value is -4.45. The third kappa shape index (κ3) is 7.12. The first kappa shape index (κ1) is 32.5. The number of hydrogen-bond acceptors (Lipinski definition) is 11. The van der Waals surface area contributed by atoms with Crippen LogP contribution in [0.3, 0.4) is 0 Å². The SMILES string of the molecule is COc1nc(Nc2cc(-c3ccc(O[C@H]4CCN(C(=O)[C@H](C)O)CC4(F)F)c(C#N)c3)ncn2)ccc1C1CCN(C2COC2)CC1. The number of amides is 1. The number of halogens is 2. The number of aliphatic hydroxyl groups excluding tert-OH is 1. The van der Waals surface area contributed by atoms with E-state index in [2.05, 4.69) is 20.2 Å². The summed E-state index contributed by atoms with van der Waals surface area (Å²) in [6.45, 7) is 4.04. The lowest BCUT2D eigenvalue weighted by Crippen LogP contribution is -2.56. The van der Waals surface area contributed by atoms with Gasteiger partial charge in [0.25, 0.3) is 5.91 Å². The zero-order valence-corrected chi connectivity index (χ0v) is 26.2. The van der Waals surface area contributed by atoms with Gasteiger partial charge in [0.2, 0.25) is 5.88 Å². The van der Waals surface area contributed by atoms with Crippen LogP contribution in [0.5, 0.6) is 11.6 Å². The number of rotatable bonds is 9. The van der Waals surface area contributed by atoms with Gasteiger partial charge >= 0.3 is 5.92 Å². The summed E-state index contributed by atoms with van der Waals surface area (Å²) in [5.74, 6) is -2.21. The molecule has 3 fully saturated rings. The van der Waals surface area contributed by atoms with E-state index in [4.69, 9.17) is 19.2 Å². The lowest BCUT2D eigenvalue weighted by Gasteiger charge is -2.41. The van der Waals surface area contributed by atoms with E-state index < -0.39 is 30.6 Å². The number of anilines is 2. The summed E-state index contributed by atoms with van der Waals surface area (Å²) in [5, 5.41) is 22.5. The molecule has 12 nitrogen and oxygen atoms in total. The zero-order chi connectivity index (χ0) is 33.1. The van der Waals surface area contributed by atoms with Crippen LogP contribution in [0.25, 0.3) is 11.3 Å². The first-order chi connectivity index (χ1) is 22.6. The number of alkyl halides is 2. The quantitative estimate of drug-likeness (QED) is 0.350.